The lowest BCUT2D eigenvalue weighted by Gasteiger charge is -2.12. The quantitative estimate of drug-likeness (QED) is 0.751. The van der Waals surface area contributed by atoms with E-state index in [9.17, 15) is 5.11 Å². The van der Waals surface area contributed by atoms with Crippen LogP contribution in [-0.4, -0.2) is 26.6 Å². The Balaban J connectivity index is 1.65. The Labute approximate surface area is 122 Å². The molecule has 2 N–H and O–H groups in total. The van der Waals surface area contributed by atoms with Gasteiger partial charge in [-0.25, -0.2) is 9.97 Å². The Morgan fingerprint density at radius 3 is 2.81 bits per heavy atom. The summed E-state index contributed by atoms with van der Waals surface area (Å²) in [5, 5.41) is 14.3. The molecular weight excluding hydrogens is 264 g/mol. The van der Waals surface area contributed by atoms with Gasteiger partial charge in [0, 0.05) is 18.1 Å². The fourth-order valence-electron chi connectivity index (χ4n) is 2.22. The molecule has 0 aliphatic rings. The van der Waals surface area contributed by atoms with Gasteiger partial charge >= 0.3 is 0 Å². The molecule has 2 heterocycles. The topological polar surface area (TPSA) is 70.9 Å². The predicted octanol–water partition coefficient (Wildman–Crippen LogP) is 2.56. The van der Waals surface area contributed by atoms with E-state index >= 15 is 0 Å². The average molecular weight is 280 g/mol. The first-order valence-electron chi connectivity index (χ1n) is 6.86. The number of pyridine rings is 1. The van der Waals surface area contributed by atoms with E-state index in [4.69, 9.17) is 0 Å². The van der Waals surface area contributed by atoms with E-state index in [2.05, 4.69) is 20.3 Å². The van der Waals surface area contributed by atoms with Crippen LogP contribution in [0.5, 0.6) is 0 Å². The minimum absolute atomic E-state index is 0.478. The number of nitrogens with zero attached hydrogens (tertiary/aromatic N) is 3. The average Bonchev–Trinajstić information content (AvgIpc) is 2.56. The van der Waals surface area contributed by atoms with Gasteiger partial charge in [-0.05, 0) is 18.1 Å². The van der Waals surface area contributed by atoms with Gasteiger partial charge in [0.15, 0.2) is 0 Å². The van der Waals surface area contributed by atoms with Crippen LogP contribution in [0.15, 0.2) is 55.1 Å². The second kappa shape index (κ2) is 6.28. The summed E-state index contributed by atoms with van der Waals surface area (Å²) in [6.45, 7) is 0.629. The summed E-state index contributed by atoms with van der Waals surface area (Å²) in [4.78, 5) is 12.5. The number of aliphatic hydroxyl groups excluding tert-OH is 1. The molecule has 0 saturated heterocycles. The maximum Gasteiger partial charge on any atom is 0.137 e. The van der Waals surface area contributed by atoms with Crippen molar-refractivity contribution in [2.45, 2.75) is 12.5 Å². The van der Waals surface area contributed by atoms with Gasteiger partial charge in [0.2, 0.25) is 0 Å². The molecule has 1 aromatic carbocycles. The molecule has 0 saturated carbocycles. The number of hydrogen-bond acceptors (Lipinski definition) is 5. The lowest BCUT2D eigenvalue weighted by Crippen LogP contribution is -2.09. The van der Waals surface area contributed by atoms with Crippen LogP contribution >= 0.6 is 0 Å². The number of rotatable bonds is 5. The summed E-state index contributed by atoms with van der Waals surface area (Å²) < 4.78 is 0. The molecule has 21 heavy (non-hydrogen) atoms. The van der Waals surface area contributed by atoms with Crippen molar-refractivity contribution in [3.63, 3.8) is 0 Å². The van der Waals surface area contributed by atoms with E-state index in [-0.39, 0.29) is 0 Å². The van der Waals surface area contributed by atoms with E-state index < -0.39 is 6.10 Å². The van der Waals surface area contributed by atoms with Crippen LogP contribution in [-0.2, 0) is 0 Å². The molecule has 0 fully saturated rings. The summed E-state index contributed by atoms with van der Waals surface area (Å²) in [5.74, 6) is 0.766. The van der Waals surface area contributed by atoms with Crippen LogP contribution in [0.25, 0.3) is 10.9 Å². The standard InChI is InChI=1S/C16H16N4O/c21-15(12-4-2-1-3-5-12)7-9-18-16-13-6-8-17-10-14(13)19-11-20-16/h1-6,8,10-11,15,21H,7,9H2,(H,18,19,20). The van der Waals surface area contributed by atoms with Crippen LogP contribution in [0.3, 0.4) is 0 Å². The first-order valence-corrected chi connectivity index (χ1v) is 6.86. The van der Waals surface area contributed by atoms with Crippen molar-refractivity contribution >= 4 is 16.7 Å². The van der Waals surface area contributed by atoms with Crippen molar-refractivity contribution in [1.82, 2.24) is 15.0 Å². The van der Waals surface area contributed by atoms with Crippen molar-refractivity contribution < 1.29 is 5.11 Å². The Morgan fingerprint density at radius 1 is 1.10 bits per heavy atom. The summed E-state index contributed by atoms with van der Waals surface area (Å²) in [6.07, 6.45) is 5.07. The van der Waals surface area contributed by atoms with Crippen LogP contribution in [0, 0.1) is 0 Å². The van der Waals surface area contributed by atoms with Crippen molar-refractivity contribution in [3.05, 3.63) is 60.7 Å². The number of anilines is 1. The molecule has 1 atom stereocenters. The number of aromatic nitrogens is 3. The van der Waals surface area contributed by atoms with Gasteiger partial charge in [0.25, 0.3) is 0 Å². The number of benzene rings is 1. The Hall–Kier alpha value is -2.53. The van der Waals surface area contributed by atoms with Crippen molar-refractivity contribution in [3.8, 4) is 0 Å². The third-order valence-electron chi connectivity index (χ3n) is 3.33. The van der Waals surface area contributed by atoms with Crippen LogP contribution < -0.4 is 5.32 Å². The monoisotopic (exact) mass is 280 g/mol. The maximum absolute atomic E-state index is 10.1. The highest BCUT2D eigenvalue weighted by atomic mass is 16.3. The zero-order chi connectivity index (χ0) is 14.5. The van der Waals surface area contributed by atoms with Crippen molar-refractivity contribution in [2.24, 2.45) is 0 Å². The Morgan fingerprint density at radius 2 is 1.95 bits per heavy atom. The number of aliphatic hydroxyl groups is 1. The molecule has 0 aliphatic heterocycles. The molecule has 106 valence electrons. The van der Waals surface area contributed by atoms with Crippen LogP contribution in [0.1, 0.15) is 18.1 Å². The van der Waals surface area contributed by atoms with Gasteiger partial charge in [-0.1, -0.05) is 30.3 Å². The first-order chi connectivity index (χ1) is 10.3. The van der Waals surface area contributed by atoms with Crippen molar-refractivity contribution in [1.29, 1.82) is 0 Å². The molecule has 5 heteroatoms. The molecule has 0 radical (unpaired) electrons. The molecule has 3 rings (SSSR count). The molecule has 0 aliphatic carbocycles. The highest BCUT2D eigenvalue weighted by molar-refractivity contribution is 5.87. The summed E-state index contributed by atoms with van der Waals surface area (Å²) in [7, 11) is 0. The van der Waals surface area contributed by atoms with Crippen LogP contribution in [0.4, 0.5) is 5.82 Å². The van der Waals surface area contributed by atoms with E-state index in [1.807, 2.05) is 36.4 Å². The zero-order valence-electron chi connectivity index (χ0n) is 11.5. The first kappa shape index (κ1) is 13.5. The third kappa shape index (κ3) is 3.14. The molecule has 0 bridgehead atoms. The number of hydrogen-bond donors (Lipinski definition) is 2. The fraction of sp³-hybridized carbons (Fsp3) is 0.188. The van der Waals surface area contributed by atoms with E-state index in [0.29, 0.717) is 13.0 Å². The number of fused-ring (bicyclic) bond motifs is 1. The highest BCUT2D eigenvalue weighted by Gasteiger charge is 2.07. The predicted molar refractivity (Wildman–Crippen MR) is 81.8 cm³/mol. The second-order valence-electron chi connectivity index (χ2n) is 4.76. The van der Waals surface area contributed by atoms with Gasteiger partial charge in [-0.2, -0.15) is 0 Å². The fourth-order valence-corrected chi connectivity index (χ4v) is 2.22. The molecule has 3 aromatic rings. The smallest absolute Gasteiger partial charge is 0.137 e. The van der Waals surface area contributed by atoms with Gasteiger partial charge in [-0.3, -0.25) is 4.98 Å². The minimum atomic E-state index is -0.478. The van der Waals surface area contributed by atoms with Gasteiger partial charge < -0.3 is 10.4 Å². The molecule has 2 aromatic heterocycles. The second-order valence-corrected chi connectivity index (χ2v) is 4.76. The molecular formula is C16H16N4O. The van der Waals surface area contributed by atoms with Gasteiger partial charge in [0.1, 0.15) is 12.1 Å². The summed E-state index contributed by atoms with van der Waals surface area (Å²) in [5.41, 5.74) is 1.73. The Kier molecular flexibility index (Phi) is 4.02. The van der Waals surface area contributed by atoms with E-state index in [1.54, 1.807) is 12.4 Å². The molecule has 5 nitrogen and oxygen atoms in total. The Bertz CT molecular complexity index is 712. The van der Waals surface area contributed by atoms with Crippen molar-refractivity contribution in [2.75, 3.05) is 11.9 Å². The minimum Gasteiger partial charge on any atom is -0.388 e. The summed E-state index contributed by atoms with van der Waals surface area (Å²) >= 11 is 0. The number of nitrogens with one attached hydrogen (secondary N) is 1. The zero-order valence-corrected chi connectivity index (χ0v) is 11.5. The highest BCUT2D eigenvalue weighted by Crippen LogP contribution is 2.19. The SMILES string of the molecule is OC(CCNc1ncnc2cnccc12)c1ccccc1. The van der Waals surface area contributed by atoms with E-state index in [1.165, 1.54) is 6.33 Å². The lowest BCUT2D eigenvalue weighted by atomic mass is 10.1. The molecule has 0 amide bonds. The normalized spacial score (nSPS) is 12.2. The third-order valence-corrected chi connectivity index (χ3v) is 3.33. The largest absolute Gasteiger partial charge is 0.388 e. The lowest BCUT2D eigenvalue weighted by molar-refractivity contribution is 0.171. The molecule has 1 unspecified atom stereocenters. The summed E-state index contributed by atoms with van der Waals surface area (Å²) in [6, 6.07) is 11.5. The van der Waals surface area contributed by atoms with Gasteiger partial charge in [0.05, 0.1) is 17.8 Å². The van der Waals surface area contributed by atoms with Gasteiger partial charge in [-0.15, -0.1) is 0 Å². The van der Waals surface area contributed by atoms with E-state index in [0.717, 1.165) is 22.3 Å². The maximum atomic E-state index is 10.1. The van der Waals surface area contributed by atoms with Crippen LogP contribution in [0.2, 0.25) is 0 Å². The molecule has 0 spiro atoms.